The van der Waals surface area contributed by atoms with E-state index in [9.17, 15) is 9.59 Å². The van der Waals surface area contributed by atoms with Crippen LogP contribution >= 0.6 is 0 Å². The molecule has 2 amide bonds. The molecule has 1 saturated carbocycles. The summed E-state index contributed by atoms with van der Waals surface area (Å²) in [6, 6.07) is 17.5. The molecule has 3 rings (SSSR count). The monoisotopic (exact) mass is 380 g/mol. The molecule has 2 aromatic rings. The zero-order valence-electron chi connectivity index (χ0n) is 15.9. The third-order valence-electron chi connectivity index (χ3n) is 5.30. The highest BCUT2D eigenvalue weighted by Gasteiger charge is 2.27. The number of carbonyl (C=O) groups is 2. The molecule has 0 radical (unpaired) electrons. The van der Waals surface area contributed by atoms with Crippen molar-refractivity contribution in [2.45, 2.75) is 49.9 Å². The molecular formula is C22H28N4O2. The van der Waals surface area contributed by atoms with E-state index in [-0.39, 0.29) is 23.9 Å². The van der Waals surface area contributed by atoms with Gasteiger partial charge in [0.15, 0.2) is 0 Å². The number of benzene rings is 2. The fourth-order valence-corrected chi connectivity index (χ4v) is 3.59. The third-order valence-corrected chi connectivity index (χ3v) is 5.30. The number of nitrogens with one attached hydrogen (secondary N) is 2. The summed E-state index contributed by atoms with van der Waals surface area (Å²) in [4.78, 5) is 24.8. The van der Waals surface area contributed by atoms with E-state index in [1.807, 2.05) is 60.7 Å². The predicted octanol–water partition coefficient (Wildman–Crippen LogP) is 1.93. The van der Waals surface area contributed by atoms with E-state index >= 15 is 0 Å². The van der Waals surface area contributed by atoms with Crippen molar-refractivity contribution in [1.82, 2.24) is 10.6 Å². The van der Waals surface area contributed by atoms with Crippen molar-refractivity contribution < 1.29 is 9.59 Å². The highest BCUT2D eigenvalue weighted by Crippen LogP contribution is 2.21. The number of hydrogen-bond acceptors (Lipinski definition) is 4. The van der Waals surface area contributed by atoms with E-state index in [0.29, 0.717) is 0 Å². The first-order chi connectivity index (χ1) is 13.5. The molecule has 28 heavy (non-hydrogen) atoms. The maximum Gasteiger partial charge on any atom is 0.241 e. The lowest BCUT2D eigenvalue weighted by atomic mass is 9.90. The number of hydrogen-bond donors (Lipinski definition) is 4. The number of carbonyl (C=O) groups excluding carboxylic acids is 2. The molecule has 2 aromatic carbocycles. The first kappa shape index (κ1) is 20.0. The zero-order chi connectivity index (χ0) is 19.9. The Kier molecular flexibility index (Phi) is 6.79. The average Bonchev–Trinajstić information content (AvgIpc) is 2.75. The predicted molar refractivity (Wildman–Crippen MR) is 109 cm³/mol. The van der Waals surface area contributed by atoms with Crippen molar-refractivity contribution >= 4 is 11.8 Å². The summed E-state index contributed by atoms with van der Waals surface area (Å²) >= 11 is 0. The molecule has 1 aliphatic carbocycles. The topological polar surface area (TPSA) is 110 Å². The largest absolute Gasteiger partial charge is 0.352 e. The Labute approximate surface area is 165 Å². The summed E-state index contributed by atoms with van der Waals surface area (Å²) in [5, 5.41) is 6.08. The summed E-state index contributed by atoms with van der Waals surface area (Å²) in [6.45, 7) is 0. The molecule has 1 aliphatic rings. The van der Waals surface area contributed by atoms with Crippen molar-refractivity contribution in [3.05, 3.63) is 71.8 Å². The van der Waals surface area contributed by atoms with Gasteiger partial charge in [-0.25, -0.2) is 0 Å². The number of amides is 2. The van der Waals surface area contributed by atoms with Crippen LogP contribution in [-0.2, 0) is 9.59 Å². The Morgan fingerprint density at radius 3 is 1.32 bits per heavy atom. The van der Waals surface area contributed by atoms with Gasteiger partial charge < -0.3 is 22.1 Å². The van der Waals surface area contributed by atoms with Crippen LogP contribution in [0.25, 0.3) is 0 Å². The van der Waals surface area contributed by atoms with Gasteiger partial charge in [-0.15, -0.1) is 0 Å². The highest BCUT2D eigenvalue weighted by molar-refractivity contribution is 5.83. The van der Waals surface area contributed by atoms with Gasteiger partial charge in [0, 0.05) is 12.1 Å². The minimum Gasteiger partial charge on any atom is -0.352 e. The second kappa shape index (κ2) is 9.48. The van der Waals surface area contributed by atoms with E-state index in [2.05, 4.69) is 10.6 Å². The minimum atomic E-state index is -0.664. The van der Waals surface area contributed by atoms with Crippen LogP contribution in [0.2, 0.25) is 0 Å². The second-order valence-electron chi connectivity index (χ2n) is 7.34. The second-order valence-corrected chi connectivity index (χ2v) is 7.34. The molecule has 0 spiro atoms. The van der Waals surface area contributed by atoms with Crippen molar-refractivity contribution in [3.8, 4) is 0 Å². The molecule has 0 heterocycles. The maximum absolute atomic E-state index is 12.4. The van der Waals surface area contributed by atoms with E-state index in [1.54, 1.807) is 0 Å². The van der Waals surface area contributed by atoms with Gasteiger partial charge >= 0.3 is 0 Å². The lowest BCUT2D eigenvalue weighted by Gasteiger charge is -2.31. The third kappa shape index (κ3) is 5.18. The SMILES string of the molecule is NC(C(=O)NC1CCC(NC(=O)C(N)c2ccccc2)CC1)c1ccccc1. The highest BCUT2D eigenvalue weighted by atomic mass is 16.2. The van der Waals surface area contributed by atoms with Gasteiger partial charge in [0.05, 0.1) is 0 Å². The van der Waals surface area contributed by atoms with Crippen molar-refractivity contribution in [3.63, 3.8) is 0 Å². The summed E-state index contributed by atoms with van der Waals surface area (Å²) in [7, 11) is 0. The Balaban J connectivity index is 1.44. The Bertz CT molecular complexity index is 706. The molecule has 6 N–H and O–H groups in total. The Hall–Kier alpha value is -2.70. The molecule has 6 nitrogen and oxygen atoms in total. The van der Waals surface area contributed by atoms with Crippen molar-refractivity contribution in [2.75, 3.05) is 0 Å². The fraction of sp³-hybridized carbons (Fsp3) is 0.364. The van der Waals surface area contributed by atoms with Gasteiger partial charge in [0.2, 0.25) is 11.8 Å². The average molecular weight is 380 g/mol. The van der Waals surface area contributed by atoms with Crippen LogP contribution in [0.4, 0.5) is 0 Å². The van der Waals surface area contributed by atoms with Crippen molar-refractivity contribution in [2.24, 2.45) is 11.5 Å². The lowest BCUT2D eigenvalue weighted by molar-refractivity contribution is -0.125. The summed E-state index contributed by atoms with van der Waals surface area (Å²) in [5.74, 6) is -0.324. The van der Waals surface area contributed by atoms with E-state index in [0.717, 1.165) is 36.8 Å². The van der Waals surface area contributed by atoms with Crippen LogP contribution < -0.4 is 22.1 Å². The normalized spacial score (nSPS) is 21.4. The number of rotatable bonds is 6. The first-order valence-corrected chi connectivity index (χ1v) is 9.76. The standard InChI is InChI=1S/C22H28N4O2/c23-19(15-7-3-1-4-8-15)21(27)25-17-11-13-18(14-12-17)26-22(28)20(24)16-9-5-2-6-10-16/h1-10,17-20H,11-14,23-24H2,(H,25,27)(H,26,28). The van der Waals surface area contributed by atoms with Crippen LogP contribution in [0.5, 0.6) is 0 Å². The summed E-state index contributed by atoms with van der Waals surface area (Å²) in [6.07, 6.45) is 3.22. The Morgan fingerprint density at radius 2 is 1.00 bits per heavy atom. The summed E-state index contributed by atoms with van der Waals surface area (Å²) < 4.78 is 0. The van der Waals surface area contributed by atoms with Crippen LogP contribution in [0.3, 0.4) is 0 Å². The molecule has 1 fully saturated rings. The molecule has 2 atom stereocenters. The molecule has 6 heteroatoms. The first-order valence-electron chi connectivity index (χ1n) is 9.76. The van der Waals surface area contributed by atoms with Gasteiger partial charge in [-0.05, 0) is 36.8 Å². The van der Waals surface area contributed by atoms with Crippen LogP contribution in [0.1, 0.15) is 48.9 Å². The number of nitrogens with two attached hydrogens (primary N) is 2. The summed E-state index contributed by atoms with van der Waals surface area (Å²) in [5.41, 5.74) is 13.7. The van der Waals surface area contributed by atoms with Gasteiger partial charge in [-0.3, -0.25) is 9.59 Å². The molecule has 0 aromatic heterocycles. The molecule has 0 saturated heterocycles. The van der Waals surface area contributed by atoms with Crippen LogP contribution in [0.15, 0.2) is 60.7 Å². The lowest BCUT2D eigenvalue weighted by Crippen LogP contribution is -2.47. The van der Waals surface area contributed by atoms with E-state index in [4.69, 9.17) is 11.5 Å². The minimum absolute atomic E-state index is 0.0817. The molecule has 2 unspecified atom stereocenters. The van der Waals surface area contributed by atoms with Gasteiger partial charge in [0.1, 0.15) is 12.1 Å². The van der Waals surface area contributed by atoms with Crippen molar-refractivity contribution in [1.29, 1.82) is 0 Å². The quantitative estimate of drug-likeness (QED) is 0.614. The molecule has 148 valence electrons. The van der Waals surface area contributed by atoms with E-state index in [1.165, 1.54) is 0 Å². The zero-order valence-corrected chi connectivity index (χ0v) is 15.9. The molecule has 0 aliphatic heterocycles. The van der Waals surface area contributed by atoms with Gasteiger partial charge in [-0.1, -0.05) is 60.7 Å². The molecular weight excluding hydrogens is 352 g/mol. The molecule has 0 bridgehead atoms. The maximum atomic E-state index is 12.4. The van der Waals surface area contributed by atoms with Crippen LogP contribution in [-0.4, -0.2) is 23.9 Å². The fourth-order valence-electron chi connectivity index (χ4n) is 3.59. The van der Waals surface area contributed by atoms with Gasteiger partial charge in [-0.2, -0.15) is 0 Å². The van der Waals surface area contributed by atoms with E-state index < -0.39 is 12.1 Å². The van der Waals surface area contributed by atoms with Gasteiger partial charge in [0.25, 0.3) is 0 Å². The van der Waals surface area contributed by atoms with Crippen LogP contribution in [0, 0.1) is 0 Å². The Morgan fingerprint density at radius 1 is 0.679 bits per heavy atom. The smallest absolute Gasteiger partial charge is 0.241 e.